The summed E-state index contributed by atoms with van der Waals surface area (Å²) in [6.07, 6.45) is 1.50. The van der Waals surface area contributed by atoms with Gasteiger partial charge in [-0.25, -0.2) is 4.98 Å². The molecule has 0 radical (unpaired) electrons. The van der Waals surface area contributed by atoms with Crippen molar-refractivity contribution >= 4 is 39.1 Å². The summed E-state index contributed by atoms with van der Waals surface area (Å²) in [4.78, 5) is 15.7. The fourth-order valence-electron chi connectivity index (χ4n) is 1.28. The number of hydrogen-bond donors (Lipinski definition) is 1. The highest BCUT2D eigenvalue weighted by molar-refractivity contribution is 9.10. The SMILES string of the molecule is O=C(Nc1ccc(Br)cc1)c1ccnc(Cl)c1. The van der Waals surface area contributed by atoms with Gasteiger partial charge < -0.3 is 5.32 Å². The Hall–Kier alpha value is -1.39. The average molecular weight is 312 g/mol. The monoisotopic (exact) mass is 310 g/mol. The van der Waals surface area contributed by atoms with E-state index < -0.39 is 0 Å². The molecule has 0 aliphatic rings. The van der Waals surface area contributed by atoms with Gasteiger partial charge in [0.15, 0.2) is 0 Å². The largest absolute Gasteiger partial charge is 0.322 e. The van der Waals surface area contributed by atoms with Crippen molar-refractivity contribution in [3.05, 3.63) is 57.8 Å². The number of halogens is 2. The third-order valence-corrected chi connectivity index (χ3v) is 2.83. The summed E-state index contributed by atoms with van der Waals surface area (Å²) in [7, 11) is 0. The van der Waals surface area contributed by atoms with Gasteiger partial charge in [-0.3, -0.25) is 4.79 Å². The minimum Gasteiger partial charge on any atom is -0.322 e. The highest BCUT2D eigenvalue weighted by Crippen LogP contribution is 2.15. The lowest BCUT2D eigenvalue weighted by Crippen LogP contribution is -2.11. The van der Waals surface area contributed by atoms with Gasteiger partial charge in [-0.1, -0.05) is 27.5 Å². The minimum absolute atomic E-state index is 0.211. The van der Waals surface area contributed by atoms with Crippen LogP contribution in [0.4, 0.5) is 5.69 Å². The van der Waals surface area contributed by atoms with Crippen molar-refractivity contribution in [3.63, 3.8) is 0 Å². The molecule has 86 valence electrons. The van der Waals surface area contributed by atoms with Crippen LogP contribution in [0.2, 0.25) is 5.15 Å². The molecule has 0 aliphatic heterocycles. The van der Waals surface area contributed by atoms with E-state index in [4.69, 9.17) is 11.6 Å². The van der Waals surface area contributed by atoms with Crippen LogP contribution in [-0.2, 0) is 0 Å². The Morgan fingerprint density at radius 3 is 2.59 bits per heavy atom. The highest BCUT2D eigenvalue weighted by atomic mass is 79.9. The minimum atomic E-state index is -0.211. The molecule has 0 bridgehead atoms. The number of carbonyl (C=O) groups excluding carboxylic acids is 1. The average Bonchev–Trinajstić information content (AvgIpc) is 2.32. The number of pyridine rings is 1. The first-order valence-corrected chi connectivity index (χ1v) is 6.01. The van der Waals surface area contributed by atoms with E-state index in [1.807, 2.05) is 24.3 Å². The van der Waals surface area contributed by atoms with Crippen LogP contribution in [0.15, 0.2) is 47.1 Å². The van der Waals surface area contributed by atoms with Crippen molar-refractivity contribution in [2.75, 3.05) is 5.32 Å². The predicted octanol–water partition coefficient (Wildman–Crippen LogP) is 3.75. The summed E-state index contributed by atoms with van der Waals surface area (Å²) in [6, 6.07) is 10.5. The summed E-state index contributed by atoms with van der Waals surface area (Å²) >= 11 is 9.04. The number of carbonyl (C=O) groups is 1. The van der Waals surface area contributed by atoms with E-state index in [0.29, 0.717) is 10.7 Å². The summed E-state index contributed by atoms with van der Waals surface area (Å²) < 4.78 is 0.961. The zero-order valence-electron chi connectivity index (χ0n) is 8.65. The number of amides is 1. The second-order valence-electron chi connectivity index (χ2n) is 3.33. The molecule has 5 heteroatoms. The van der Waals surface area contributed by atoms with Gasteiger partial charge in [-0.2, -0.15) is 0 Å². The quantitative estimate of drug-likeness (QED) is 0.858. The molecule has 1 amide bonds. The number of benzene rings is 1. The lowest BCUT2D eigenvalue weighted by atomic mass is 10.2. The number of aromatic nitrogens is 1. The fraction of sp³-hybridized carbons (Fsp3) is 0. The number of hydrogen-bond acceptors (Lipinski definition) is 2. The standard InChI is InChI=1S/C12H8BrClN2O/c13-9-1-3-10(4-2-9)16-12(17)8-5-6-15-11(14)7-8/h1-7H,(H,16,17). The van der Waals surface area contributed by atoms with Crippen LogP contribution < -0.4 is 5.32 Å². The smallest absolute Gasteiger partial charge is 0.255 e. The molecule has 1 aromatic carbocycles. The maximum atomic E-state index is 11.8. The molecule has 0 spiro atoms. The van der Waals surface area contributed by atoms with Crippen LogP contribution in [-0.4, -0.2) is 10.9 Å². The molecule has 0 unspecified atom stereocenters. The normalized spacial score (nSPS) is 10.0. The molecule has 1 N–H and O–H groups in total. The molecule has 0 fully saturated rings. The Balaban J connectivity index is 2.14. The van der Waals surface area contributed by atoms with E-state index in [1.165, 1.54) is 12.3 Å². The molecular formula is C12H8BrClN2O. The van der Waals surface area contributed by atoms with Crippen LogP contribution in [0.3, 0.4) is 0 Å². The third kappa shape index (κ3) is 3.28. The van der Waals surface area contributed by atoms with Gasteiger partial charge in [-0.15, -0.1) is 0 Å². The summed E-state index contributed by atoms with van der Waals surface area (Å²) in [5.74, 6) is -0.211. The van der Waals surface area contributed by atoms with E-state index in [-0.39, 0.29) is 5.91 Å². The first-order valence-electron chi connectivity index (χ1n) is 4.83. The van der Waals surface area contributed by atoms with E-state index in [1.54, 1.807) is 6.07 Å². The molecule has 3 nitrogen and oxygen atoms in total. The van der Waals surface area contributed by atoms with Crippen molar-refractivity contribution in [1.82, 2.24) is 4.98 Å². The van der Waals surface area contributed by atoms with E-state index in [0.717, 1.165) is 10.2 Å². The molecule has 1 heterocycles. The summed E-state index contributed by atoms with van der Waals surface area (Å²) in [6.45, 7) is 0. The predicted molar refractivity (Wildman–Crippen MR) is 71.3 cm³/mol. The van der Waals surface area contributed by atoms with Crippen LogP contribution in [0.5, 0.6) is 0 Å². The number of rotatable bonds is 2. The first-order chi connectivity index (χ1) is 8.15. The van der Waals surface area contributed by atoms with Crippen molar-refractivity contribution in [2.24, 2.45) is 0 Å². The maximum Gasteiger partial charge on any atom is 0.255 e. The molecule has 0 saturated carbocycles. The van der Waals surface area contributed by atoms with E-state index >= 15 is 0 Å². The third-order valence-electron chi connectivity index (χ3n) is 2.09. The molecular weight excluding hydrogens is 304 g/mol. The Bertz CT molecular complexity index is 542. The number of nitrogens with zero attached hydrogens (tertiary/aromatic N) is 1. The molecule has 2 aromatic rings. The molecule has 0 saturated heterocycles. The Morgan fingerprint density at radius 1 is 1.24 bits per heavy atom. The summed E-state index contributed by atoms with van der Waals surface area (Å²) in [5.41, 5.74) is 1.21. The van der Waals surface area contributed by atoms with Crippen LogP contribution in [0.25, 0.3) is 0 Å². The van der Waals surface area contributed by atoms with Crippen molar-refractivity contribution in [1.29, 1.82) is 0 Å². The van der Waals surface area contributed by atoms with Crippen molar-refractivity contribution in [3.8, 4) is 0 Å². The second kappa shape index (κ2) is 5.29. The lowest BCUT2D eigenvalue weighted by molar-refractivity contribution is 0.102. The zero-order valence-corrected chi connectivity index (χ0v) is 11.0. The second-order valence-corrected chi connectivity index (χ2v) is 4.63. The van der Waals surface area contributed by atoms with Gasteiger partial charge in [-0.05, 0) is 36.4 Å². The van der Waals surface area contributed by atoms with Gasteiger partial charge in [0.05, 0.1) is 0 Å². The maximum absolute atomic E-state index is 11.8. The number of nitrogens with one attached hydrogen (secondary N) is 1. The zero-order chi connectivity index (χ0) is 12.3. The van der Waals surface area contributed by atoms with Gasteiger partial charge in [0.2, 0.25) is 0 Å². The van der Waals surface area contributed by atoms with Gasteiger partial charge in [0, 0.05) is 21.9 Å². The Kier molecular flexibility index (Phi) is 3.76. The Morgan fingerprint density at radius 2 is 1.94 bits per heavy atom. The van der Waals surface area contributed by atoms with Gasteiger partial charge in [0.25, 0.3) is 5.91 Å². The van der Waals surface area contributed by atoms with Crippen molar-refractivity contribution in [2.45, 2.75) is 0 Å². The van der Waals surface area contributed by atoms with Crippen molar-refractivity contribution < 1.29 is 4.79 Å². The summed E-state index contributed by atoms with van der Waals surface area (Å²) in [5, 5.41) is 3.07. The number of anilines is 1. The Labute approximate surface area is 112 Å². The van der Waals surface area contributed by atoms with Gasteiger partial charge in [0.1, 0.15) is 5.15 Å². The van der Waals surface area contributed by atoms with Crippen LogP contribution in [0.1, 0.15) is 10.4 Å². The highest BCUT2D eigenvalue weighted by Gasteiger charge is 2.06. The van der Waals surface area contributed by atoms with Gasteiger partial charge >= 0.3 is 0 Å². The van der Waals surface area contributed by atoms with E-state index in [9.17, 15) is 4.79 Å². The lowest BCUT2D eigenvalue weighted by Gasteiger charge is -2.05. The topological polar surface area (TPSA) is 42.0 Å². The van der Waals surface area contributed by atoms with E-state index in [2.05, 4.69) is 26.2 Å². The molecule has 17 heavy (non-hydrogen) atoms. The molecule has 2 rings (SSSR count). The molecule has 0 atom stereocenters. The molecule has 0 aliphatic carbocycles. The molecule has 1 aromatic heterocycles. The first kappa shape index (κ1) is 12.1. The van der Waals surface area contributed by atoms with Crippen LogP contribution >= 0.6 is 27.5 Å². The van der Waals surface area contributed by atoms with Crippen LogP contribution in [0, 0.1) is 0 Å². The fourth-order valence-corrected chi connectivity index (χ4v) is 1.72.